The van der Waals surface area contributed by atoms with Gasteiger partial charge in [0.05, 0.1) is 6.54 Å². The smallest absolute Gasteiger partial charge is 0.325 e. The van der Waals surface area contributed by atoms with Gasteiger partial charge in [-0.25, -0.2) is 4.79 Å². The Morgan fingerprint density at radius 2 is 1.71 bits per heavy atom. The number of nitrogens with one attached hydrogen (secondary N) is 1. The van der Waals surface area contributed by atoms with E-state index < -0.39 is 5.54 Å². The summed E-state index contributed by atoms with van der Waals surface area (Å²) >= 11 is 0. The number of amides is 3. The van der Waals surface area contributed by atoms with Gasteiger partial charge in [-0.15, -0.1) is 0 Å². The number of ether oxygens (including phenoxy) is 1. The van der Waals surface area contributed by atoms with Crippen LogP contribution in [0.2, 0.25) is 0 Å². The Labute approximate surface area is 141 Å². The molecule has 0 aliphatic carbocycles. The van der Waals surface area contributed by atoms with E-state index in [9.17, 15) is 9.59 Å². The SMILES string of the molecule is Cc1ccc(OCCN2C(=O)N[C@](C)(c3ccccc3)C2=O)cc1. The predicted molar refractivity (Wildman–Crippen MR) is 90.7 cm³/mol. The van der Waals surface area contributed by atoms with E-state index in [1.807, 2.05) is 61.5 Å². The number of hydrogen-bond acceptors (Lipinski definition) is 3. The lowest BCUT2D eigenvalue weighted by Gasteiger charge is -2.22. The number of aryl methyl sites for hydroxylation is 1. The quantitative estimate of drug-likeness (QED) is 0.861. The van der Waals surface area contributed by atoms with E-state index in [2.05, 4.69) is 5.32 Å². The minimum Gasteiger partial charge on any atom is -0.492 e. The monoisotopic (exact) mass is 324 g/mol. The molecule has 24 heavy (non-hydrogen) atoms. The van der Waals surface area contributed by atoms with Crippen LogP contribution in [-0.2, 0) is 10.3 Å². The Morgan fingerprint density at radius 1 is 1.04 bits per heavy atom. The molecular formula is C19H20N2O3. The number of benzene rings is 2. The summed E-state index contributed by atoms with van der Waals surface area (Å²) < 4.78 is 5.62. The van der Waals surface area contributed by atoms with Gasteiger partial charge in [-0.2, -0.15) is 0 Å². The average Bonchev–Trinajstić information content (AvgIpc) is 2.81. The molecule has 2 aromatic rings. The highest BCUT2D eigenvalue weighted by Crippen LogP contribution is 2.28. The Morgan fingerprint density at radius 3 is 2.38 bits per heavy atom. The summed E-state index contributed by atoms with van der Waals surface area (Å²) in [6, 6.07) is 16.5. The summed E-state index contributed by atoms with van der Waals surface area (Å²) in [5, 5.41) is 2.78. The van der Waals surface area contributed by atoms with Gasteiger partial charge in [0.15, 0.2) is 0 Å². The molecule has 5 nitrogen and oxygen atoms in total. The van der Waals surface area contributed by atoms with Gasteiger partial charge in [0, 0.05) is 0 Å². The molecule has 0 bridgehead atoms. The van der Waals surface area contributed by atoms with Gasteiger partial charge in [-0.1, -0.05) is 48.0 Å². The molecule has 0 radical (unpaired) electrons. The Kier molecular flexibility index (Phi) is 4.25. The van der Waals surface area contributed by atoms with Gasteiger partial charge in [0.1, 0.15) is 17.9 Å². The highest BCUT2D eigenvalue weighted by molar-refractivity contribution is 6.07. The van der Waals surface area contributed by atoms with E-state index in [4.69, 9.17) is 4.74 Å². The first-order valence-corrected chi connectivity index (χ1v) is 7.90. The number of rotatable bonds is 5. The maximum absolute atomic E-state index is 12.7. The van der Waals surface area contributed by atoms with Crippen molar-refractivity contribution in [1.82, 2.24) is 10.2 Å². The van der Waals surface area contributed by atoms with E-state index in [1.165, 1.54) is 4.90 Å². The molecule has 1 fully saturated rings. The second-order valence-corrected chi connectivity index (χ2v) is 6.04. The summed E-state index contributed by atoms with van der Waals surface area (Å²) in [6.45, 7) is 4.19. The van der Waals surface area contributed by atoms with Crippen molar-refractivity contribution >= 4 is 11.9 Å². The van der Waals surface area contributed by atoms with Crippen molar-refractivity contribution in [3.8, 4) is 5.75 Å². The second kappa shape index (κ2) is 6.35. The van der Waals surface area contributed by atoms with Crippen LogP contribution in [-0.4, -0.2) is 30.0 Å². The standard InChI is InChI=1S/C19H20N2O3/c1-14-8-10-16(11-9-14)24-13-12-21-17(22)19(2,20-18(21)23)15-6-4-3-5-7-15/h3-11H,12-13H2,1-2H3,(H,20,23)/t19-/m1/s1. The summed E-state index contributed by atoms with van der Waals surface area (Å²) in [4.78, 5) is 26.1. The van der Waals surface area contributed by atoms with Crippen LogP contribution < -0.4 is 10.1 Å². The summed E-state index contributed by atoms with van der Waals surface area (Å²) in [5.74, 6) is 0.463. The first-order valence-electron chi connectivity index (χ1n) is 7.90. The van der Waals surface area contributed by atoms with Crippen molar-refractivity contribution < 1.29 is 14.3 Å². The largest absolute Gasteiger partial charge is 0.492 e. The summed E-state index contributed by atoms with van der Waals surface area (Å²) in [6.07, 6.45) is 0. The van der Waals surface area contributed by atoms with Crippen molar-refractivity contribution in [1.29, 1.82) is 0 Å². The first kappa shape index (κ1) is 16.1. The Hall–Kier alpha value is -2.82. The number of urea groups is 1. The molecule has 2 aromatic carbocycles. The van der Waals surface area contributed by atoms with Crippen LogP contribution in [0.4, 0.5) is 4.79 Å². The van der Waals surface area contributed by atoms with Crippen LogP contribution in [0.25, 0.3) is 0 Å². The number of imide groups is 1. The molecule has 0 aromatic heterocycles. The highest BCUT2D eigenvalue weighted by atomic mass is 16.5. The molecule has 1 aliphatic heterocycles. The normalized spacial score (nSPS) is 20.2. The molecule has 1 atom stereocenters. The molecule has 0 unspecified atom stereocenters. The number of carbonyl (C=O) groups excluding carboxylic acids is 2. The first-order chi connectivity index (χ1) is 11.5. The van der Waals surface area contributed by atoms with Crippen molar-refractivity contribution in [3.05, 3.63) is 65.7 Å². The third-order valence-electron chi connectivity index (χ3n) is 4.23. The zero-order chi connectivity index (χ0) is 17.2. The molecule has 1 heterocycles. The van der Waals surface area contributed by atoms with Gasteiger partial charge in [0.25, 0.3) is 5.91 Å². The van der Waals surface area contributed by atoms with E-state index >= 15 is 0 Å². The Bertz CT molecular complexity index is 743. The molecule has 124 valence electrons. The zero-order valence-electron chi connectivity index (χ0n) is 13.8. The van der Waals surface area contributed by atoms with Crippen LogP contribution in [0.1, 0.15) is 18.1 Å². The molecule has 5 heteroatoms. The topological polar surface area (TPSA) is 58.6 Å². The van der Waals surface area contributed by atoms with Crippen molar-refractivity contribution in [2.24, 2.45) is 0 Å². The minimum absolute atomic E-state index is 0.209. The second-order valence-electron chi connectivity index (χ2n) is 6.04. The van der Waals surface area contributed by atoms with Crippen molar-refractivity contribution in [3.63, 3.8) is 0 Å². The van der Waals surface area contributed by atoms with Gasteiger partial charge in [-0.05, 0) is 31.5 Å². The van der Waals surface area contributed by atoms with Gasteiger partial charge in [0.2, 0.25) is 0 Å². The van der Waals surface area contributed by atoms with E-state index in [0.29, 0.717) is 0 Å². The number of hydrogen-bond donors (Lipinski definition) is 1. The molecule has 0 saturated carbocycles. The molecule has 3 amide bonds. The number of carbonyl (C=O) groups is 2. The number of nitrogens with zero attached hydrogens (tertiary/aromatic N) is 1. The maximum Gasteiger partial charge on any atom is 0.325 e. The zero-order valence-corrected chi connectivity index (χ0v) is 13.8. The van der Waals surface area contributed by atoms with E-state index in [0.717, 1.165) is 16.9 Å². The van der Waals surface area contributed by atoms with Crippen LogP contribution >= 0.6 is 0 Å². The predicted octanol–water partition coefficient (Wildman–Crippen LogP) is 2.84. The van der Waals surface area contributed by atoms with E-state index in [1.54, 1.807) is 6.92 Å². The Balaban J connectivity index is 1.65. The molecule has 1 saturated heterocycles. The van der Waals surface area contributed by atoms with Crippen LogP contribution in [0.3, 0.4) is 0 Å². The van der Waals surface area contributed by atoms with Crippen LogP contribution in [0.5, 0.6) is 5.75 Å². The van der Waals surface area contributed by atoms with E-state index in [-0.39, 0.29) is 25.1 Å². The fourth-order valence-electron chi connectivity index (χ4n) is 2.76. The average molecular weight is 324 g/mol. The van der Waals surface area contributed by atoms with Gasteiger partial charge >= 0.3 is 6.03 Å². The lowest BCUT2D eigenvalue weighted by Crippen LogP contribution is -2.41. The van der Waals surface area contributed by atoms with Crippen molar-refractivity contribution in [2.75, 3.05) is 13.2 Å². The minimum atomic E-state index is -1.03. The van der Waals surface area contributed by atoms with Crippen LogP contribution in [0, 0.1) is 6.92 Å². The molecule has 0 spiro atoms. The maximum atomic E-state index is 12.7. The molecule has 1 N–H and O–H groups in total. The molecule has 1 aliphatic rings. The third kappa shape index (κ3) is 2.97. The lowest BCUT2D eigenvalue weighted by molar-refractivity contribution is -0.131. The fraction of sp³-hybridized carbons (Fsp3) is 0.263. The fourth-order valence-corrected chi connectivity index (χ4v) is 2.76. The highest BCUT2D eigenvalue weighted by Gasteiger charge is 2.48. The molecular weight excluding hydrogens is 304 g/mol. The van der Waals surface area contributed by atoms with Crippen molar-refractivity contribution in [2.45, 2.75) is 19.4 Å². The van der Waals surface area contributed by atoms with Crippen LogP contribution in [0.15, 0.2) is 54.6 Å². The summed E-state index contributed by atoms with van der Waals surface area (Å²) in [5.41, 5.74) is 0.891. The lowest BCUT2D eigenvalue weighted by atomic mass is 9.92. The molecule has 3 rings (SSSR count). The van der Waals surface area contributed by atoms with Gasteiger partial charge < -0.3 is 10.1 Å². The summed E-state index contributed by atoms with van der Waals surface area (Å²) in [7, 11) is 0. The van der Waals surface area contributed by atoms with Gasteiger partial charge in [-0.3, -0.25) is 9.69 Å². The third-order valence-corrected chi connectivity index (χ3v) is 4.23.